The smallest absolute Gasteiger partial charge is 0.191 e. The van der Waals surface area contributed by atoms with Gasteiger partial charge in [-0.3, -0.25) is 0 Å². The third-order valence-corrected chi connectivity index (χ3v) is 4.26. The maximum Gasteiger partial charge on any atom is 0.191 e. The summed E-state index contributed by atoms with van der Waals surface area (Å²) in [6.07, 6.45) is 1.55. The molecule has 2 N–H and O–H groups in total. The van der Waals surface area contributed by atoms with E-state index in [2.05, 4.69) is 9.98 Å². The van der Waals surface area contributed by atoms with Crippen molar-refractivity contribution in [1.29, 1.82) is 0 Å². The normalized spacial score (nSPS) is 11.8. The SMILES string of the molecule is Cn1c(-c2ccc(O)c(O)c2)csc1=Nc1ccc(Cl)cn1. The highest BCUT2D eigenvalue weighted by atomic mass is 35.5. The van der Waals surface area contributed by atoms with Crippen molar-refractivity contribution in [3.8, 4) is 22.8 Å². The molecule has 0 aliphatic carbocycles. The van der Waals surface area contributed by atoms with Gasteiger partial charge in [-0.15, -0.1) is 11.3 Å². The summed E-state index contributed by atoms with van der Waals surface area (Å²) in [7, 11) is 1.88. The summed E-state index contributed by atoms with van der Waals surface area (Å²) >= 11 is 7.27. The van der Waals surface area contributed by atoms with Crippen molar-refractivity contribution < 1.29 is 10.2 Å². The Morgan fingerprint density at radius 1 is 1.18 bits per heavy atom. The molecule has 0 fully saturated rings. The Hall–Kier alpha value is -2.31. The molecule has 0 saturated carbocycles. The number of nitrogens with zero attached hydrogens (tertiary/aromatic N) is 3. The van der Waals surface area contributed by atoms with Crippen molar-refractivity contribution in [2.75, 3.05) is 0 Å². The van der Waals surface area contributed by atoms with E-state index in [1.54, 1.807) is 24.4 Å². The molecule has 3 rings (SSSR count). The number of hydrogen-bond acceptors (Lipinski definition) is 5. The molecule has 0 saturated heterocycles. The summed E-state index contributed by atoms with van der Waals surface area (Å²) in [6, 6.07) is 8.19. The van der Waals surface area contributed by atoms with Gasteiger partial charge in [-0.2, -0.15) is 0 Å². The lowest BCUT2D eigenvalue weighted by molar-refractivity contribution is 0.404. The van der Waals surface area contributed by atoms with Gasteiger partial charge in [-0.25, -0.2) is 9.98 Å². The van der Waals surface area contributed by atoms with Crippen LogP contribution in [0.15, 0.2) is 46.9 Å². The van der Waals surface area contributed by atoms with Crippen molar-refractivity contribution in [1.82, 2.24) is 9.55 Å². The molecule has 0 atom stereocenters. The minimum Gasteiger partial charge on any atom is -0.504 e. The summed E-state index contributed by atoms with van der Waals surface area (Å²) in [5.74, 6) is 0.278. The van der Waals surface area contributed by atoms with Crippen LogP contribution in [0.2, 0.25) is 5.02 Å². The highest BCUT2D eigenvalue weighted by molar-refractivity contribution is 7.07. The second kappa shape index (κ2) is 5.82. The van der Waals surface area contributed by atoms with Gasteiger partial charge in [0.05, 0.1) is 10.7 Å². The van der Waals surface area contributed by atoms with E-state index in [1.807, 2.05) is 17.0 Å². The molecule has 2 heterocycles. The summed E-state index contributed by atoms with van der Waals surface area (Å²) in [6.45, 7) is 0. The molecule has 2 aromatic heterocycles. The van der Waals surface area contributed by atoms with Crippen molar-refractivity contribution in [3.63, 3.8) is 0 Å². The van der Waals surface area contributed by atoms with Gasteiger partial charge in [0, 0.05) is 24.2 Å². The fourth-order valence-electron chi connectivity index (χ4n) is 1.95. The third kappa shape index (κ3) is 2.84. The highest BCUT2D eigenvalue weighted by Gasteiger charge is 2.08. The van der Waals surface area contributed by atoms with E-state index in [9.17, 15) is 10.2 Å². The number of phenolic OH excluding ortho intramolecular Hbond substituents is 2. The van der Waals surface area contributed by atoms with Gasteiger partial charge >= 0.3 is 0 Å². The van der Waals surface area contributed by atoms with Crippen molar-refractivity contribution in [3.05, 3.63) is 51.7 Å². The van der Waals surface area contributed by atoms with Gasteiger partial charge in [0.1, 0.15) is 0 Å². The van der Waals surface area contributed by atoms with Gasteiger partial charge in [0.15, 0.2) is 22.1 Å². The first-order valence-corrected chi connectivity index (χ1v) is 7.63. The topological polar surface area (TPSA) is 70.6 Å². The van der Waals surface area contributed by atoms with Gasteiger partial charge in [-0.1, -0.05) is 11.6 Å². The van der Waals surface area contributed by atoms with Crippen LogP contribution in [0.5, 0.6) is 11.5 Å². The van der Waals surface area contributed by atoms with E-state index in [-0.39, 0.29) is 11.5 Å². The Labute approximate surface area is 135 Å². The standard InChI is InChI=1S/C15H12ClN3O2S/c1-19-11(9-2-4-12(20)13(21)6-9)8-22-15(19)18-14-5-3-10(16)7-17-14/h2-8,20-21H,1H3. The van der Waals surface area contributed by atoms with Crippen LogP contribution in [0, 0.1) is 0 Å². The number of aromatic nitrogens is 2. The van der Waals surface area contributed by atoms with E-state index in [0.717, 1.165) is 16.1 Å². The number of benzene rings is 1. The zero-order valence-corrected chi connectivity index (χ0v) is 13.1. The highest BCUT2D eigenvalue weighted by Crippen LogP contribution is 2.30. The minimum atomic E-state index is -0.151. The fraction of sp³-hybridized carbons (Fsp3) is 0.0667. The molecule has 22 heavy (non-hydrogen) atoms. The summed E-state index contributed by atoms with van der Waals surface area (Å²) in [4.78, 5) is 9.37. The quantitative estimate of drug-likeness (QED) is 0.706. The second-order valence-corrected chi connectivity index (χ2v) is 5.89. The lowest BCUT2D eigenvalue weighted by atomic mass is 10.1. The predicted octanol–water partition coefficient (Wildman–Crippen LogP) is 3.45. The lowest BCUT2D eigenvalue weighted by Gasteiger charge is -2.04. The van der Waals surface area contributed by atoms with Gasteiger partial charge in [0.2, 0.25) is 0 Å². The molecule has 0 bridgehead atoms. The number of thiazole rings is 1. The molecule has 7 heteroatoms. The number of hydrogen-bond donors (Lipinski definition) is 2. The molecule has 1 aromatic carbocycles. The van der Waals surface area contributed by atoms with Crippen LogP contribution in [-0.4, -0.2) is 19.8 Å². The van der Waals surface area contributed by atoms with E-state index >= 15 is 0 Å². The predicted molar refractivity (Wildman–Crippen MR) is 86.5 cm³/mol. The lowest BCUT2D eigenvalue weighted by Crippen LogP contribution is -2.10. The number of pyridine rings is 1. The molecule has 5 nitrogen and oxygen atoms in total. The zero-order chi connectivity index (χ0) is 15.7. The van der Waals surface area contributed by atoms with Gasteiger partial charge < -0.3 is 14.8 Å². The summed E-state index contributed by atoms with van der Waals surface area (Å²) in [5, 5.41) is 21.5. The Morgan fingerprint density at radius 3 is 2.68 bits per heavy atom. The molecule has 3 aromatic rings. The average molecular weight is 334 g/mol. The largest absolute Gasteiger partial charge is 0.504 e. The Kier molecular flexibility index (Phi) is 3.87. The van der Waals surface area contributed by atoms with E-state index in [0.29, 0.717) is 10.8 Å². The first kappa shape index (κ1) is 14.6. The molecule has 0 aliphatic rings. The first-order chi connectivity index (χ1) is 10.5. The maximum absolute atomic E-state index is 9.62. The van der Waals surface area contributed by atoms with Crippen LogP contribution in [0.3, 0.4) is 0 Å². The maximum atomic E-state index is 9.62. The molecular formula is C15H12ClN3O2S. The van der Waals surface area contributed by atoms with Gasteiger partial charge in [-0.05, 0) is 30.3 Å². The van der Waals surface area contributed by atoms with Crippen LogP contribution >= 0.6 is 22.9 Å². The molecule has 0 radical (unpaired) electrons. The number of rotatable bonds is 2. The fourth-order valence-corrected chi connectivity index (χ4v) is 2.97. The first-order valence-electron chi connectivity index (χ1n) is 6.38. The van der Waals surface area contributed by atoms with Crippen molar-refractivity contribution >= 4 is 28.8 Å². The Bertz CT molecular complexity index is 885. The zero-order valence-electron chi connectivity index (χ0n) is 11.6. The molecule has 0 unspecified atom stereocenters. The van der Waals surface area contributed by atoms with Crippen molar-refractivity contribution in [2.45, 2.75) is 0 Å². The van der Waals surface area contributed by atoms with Crippen LogP contribution in [-0.2, 0) is 7.05 Å². The molecule has 112 valence electrons. The Balaban J connectivity index is 2.04. The van der Waals surface area contributed by atoms with Gasteiger partial charge in [0.25, 0.3) is 0 Å². The molecule has 0 amide bonds. The monoisotopic (exact) mass is 333 g/mol. The molecule has 0 aliphatic heterocycles. The molecule has 0 spiro atoms. The number of phenols is 2. The van der Waals surface area contributed by atoms with Crippen LogP contribution in [0.4, 0.5) is 5.82 Å². The van der Waals surface area contributed by atoms with E-state index < -0.39 is 0 Å². The van der Waals surface area contributed by atoms with E-state index in [4.69, 9.17) is 11.6 Å². The summed E-state index contributed by atoms with van der Waals surface area (Å²) < 4.78 is 1.90. The van der Waals surface area contributed by atoms with Crippen LogP contribution in [0.25, 0.3) is 11.3 Å². The third-order valence-electron chi connectivity index (χ3n) is 3.12. The minimum absolute atomic E-state index is 0.142. The van der Waals surface area contributed by atoms with E-state index in [1.165, 1.54) is 23.5 Å². The van der Waals surface area contributed by atoms with Crippen LogP contribution < -0.4 is 4.80 Å². The average Bonchev–Trinajstić information content (AvgIpc) is 2.86. The second-order valence-electron chi connectivity index (χ2n) is 4.61. The number of halogens is 1. The van der Waals surface area contributed by atoms with Crippen LogP contribution in [0.1, 0.15) is 0 Å². The van der Waals surface area contributed by atoms with Crippen molar-refractivity contribution in [2.24, 2.45) is 12.0 Å². The molecular weight excluding hydrogens is 322 g/mol. The number of aromatic hydroxyl groups is 2. The summed E-state index contributed by atoms with van der Waals surface area (Å²) in [5.41, 5.74) is 1.67. The Morgan fingerprint density at radius 2 is 2.00 bits per heavy atom.